The molecule has 3 rings (SSSR count). The number of hydrogen-bond acceptors (Lipinski definition) is 3. The molecule has 86 valence electrons. The number of aromatic amines is 1. The molecule has 6 heteroatoms. The van der Waals surface area contributed by atoms with Crippen LogP contribution in [0.15, 0.2) is 22.8 Å². The molecule has 0 aromatic carbocycles. The number of methoxy groups -OCH3 is 1. The SMILES string of the molecule is COc1ncc2c([nH]c3nc(Cl)ccc32)c1Br. The Morgan fingerprint density at radius 3 is 2.94 bits per heavy atom. The summed E-state index contributed by atoms with van der Waals surface area (Å²) in [5.74, 6) is 0.537. The molecular weight excluding hydrogens is 305 g/mol. The normalized spacial score (nSPS) is 11.2. The molecule has 0 radical (unpaired) electrons. The van der Waals surface area contributed by atoms with Gasteiger partial charge in [-0.1, -0.05) is 11.6 Å². The van der Waals surface area contributed by atoms with E-state index >= 15 is 0 Å². The average Bonchev–Trinajstić information content (AvgIpc) is 2.68. The summed E-state index contributed by atoms with van der Waals surface area (Å²) in [5, 5.41) is 2.43. The van der Waals surface area contributed by atoms with Crippen LogP contribution in [0.25, 0.3) is 21.9 Å². The summed E-state index contributed by atoms with van der Waals surface area (Å²) in [5.41, 5.74) is 1.64. The largest absolute Gasteiger partial charge is 0.480 e. The van der Waals surface area contributed by atoms with Crippen molar-refractivity contribution in [3.8, 4) is 5.88 Å². The van der Waals surface area contributed by atoms with Crippen LogP contribution in [0.4, 0.5) is 0 Å². The van der Waals surface area contributed by atoms with E-state index in [4.69, 9.17) is 16.3 Å². The molecule has 0 aliphatic carbocycles. The minimum atomic E-state index is 0.458. The van der Waals surface area contributed by atoms with E-state index in [1.807, 2.05) is 6.07 Å². The first kappa shape index (κ1) is 10.8. The van der Waals surface area contributed by atoms with E-state index < -0.39 is 0 Å². The van der Waals surface area contributed by atoms with Crippen molar-refractivity contribution in [1.82, 2.24) is 15.0 Å². The molecule has 0 atom stereocenters. The summed E-state index contributed by atoms with van der Waals surface area (Å²) in [6, 6.07) is 3.68. The van der Waals surface area contributed by atoms with Crippen molar-refractivity contribution >= 4 is 49.5 Å². The predicted octanol–water partition coefficient (Wildman–Crippen LogP) is 3.54. The molecule has 0 fully saturated rings. The molecule has 0 saturated carbocycles. The molecular formula is C11H7BrClN3O. The minimum absolute atomic E-state index is 0.458. The predicted molar refractivity (Wildman–Crippen MR) is 70.7 cm³/mol. The second-order valence-electron chi connectivity index (χ2n) is 3.53. The Labute approximate surface area is 110 Å². The fourth-order valence-electron chi connectivity index (χ4n) is 1.80. The highest BCUT2D eigenvalue weighted by molar-refractivity contribution is 9.10. The van der Waals surface area contributed by atoms with Gasteiger partial charge in [-0.25, -0.2) is 9.97 Å². The van der Waals surface area contributed by atoms with Crippen LogP contribution in [-0.2, 0) is 0 Å². The molecule has 4 nitrogen and oxygen atoms in total. The van der Waals surface area contributed by atoms with Crippen molar-refractivity contribution in [3.05, 3.63) is 28.0 Å². The third-order valence-corrected chi connectivity index (χ3v) is 3.52. The van der Waals surface area contributed by atoms with Crippen LogP contribution in [0, 0.1) is 0 Å². The van der Waals surface area contributed by atoms with Gasteiger partial charge in [0.05, 0.1) is 12.6 Å². The van der Waals surface area contributed by atoms with Gasteiger partial charge in [-0.3, -0.25) is 0 Å². The molecule has 1 N–H and O–H groups in total. The lowest BCUT2D eigenvalue weighted by Crippen LogP contribution is -1.88. The summed E-state index contributed by atoms with van der Waals surface area (Å²) in [6.45, 7) is 0. The van der Waals surface area contributed by atoms with Crippen LogP contribution in [0.5, 0.6) is 5.88 Å². The Balaban J connectivity index is 2.46. The second kappa shape index (κ2) is 3.85. The van der Waals surface area contributed by atoms with Crippen molar-refractivity contribution in [2.45, 2.75) is 0 Å². The summed E-state index contributed by atoms with van der Waals surface area (Å²) in [6.07, 6.45) is 1.76. The number of halogens is 2. The van der Waals surface area contributed by atoms with Gasteiger partial charge in [-0.2, -0.15) is 0 Å². The van der Waals surface area contributed by atoms with Gasteiger partial charge in [0, 0.05) is 17.0 Å². The molecule has 3 aromatic heterocycles. The molecule has 0 saturated heterocycles. The van der Waals surface area contributed by atoms with Crippen LogP contribution >= 0.6 is 27.5 Å². The van der Waals surface area contributed by atoms with Crippen LogP contribution in [0.1, 0.15) is 0 Å². The first-order chi connectivity index (χ1) is 8.20. The second-order valence-corrected chi connectivity index (χ2v) is 4.71. The first-order valence-corrected chi connectivity index (χ1v) is 6.04. The number of hydrogen-bond donors (Lipinski definition) is 1. The maximum atomic E-state index is 5.86. The van der Waals surface area contributed by atoms with Gasteiger partial charge in [-0.05, 0) is 28.1 Å². The van der Waals surface area contributed by atoms with E-state index in [-0.39, 0.29) is 0 Å². The number of H-pyrrole nitrogens is 1. The van der Waals surface area contributed by atoms with Gasteiger partial charge in [0.2, 0.25) is 5.88 Å². The van der Waals surface area contributed by atoms with E-state index in [0.29, 0.717) is 11.0 Å². The van der Waals surface area contributed by atoms with Gasteiger partial charge in [0.1, 0.15) is 15.3 Å². The zero-order valence-corrected chi connectivity index (χ0v) is 11.1. The molecule has 0 aliphatic rings. The lowest BCUT2D eigenvalue weighted by molar-refractivity contribution is 0.396. The third kappa shape index (κ3) is 1.57. The lowest BCUT2D eigenvalue weighted by Gasteiger charge is -2.01. The first-order valence-electron chi connectivity index (χ1n) is 4.87. The summed E-state index contributed by atoms with van der Waals surface area (Å²) in [4.78, 5) is 11.6. The summed E-state index contributed by atoms with van der Waals surface area (Å²) < 4.78 is 5.93. The molecule has 17 heavy (non-hydrogen) atoms. The zero-order valence-electron chi connectivity index (χ0n) is 8.79. The van der Waals surface area contributed by atoms with Gasteiger partial charge in [0.15, 0.2) is 0 Å². The van der Waals surface area contributed by atoms with Crippen molar-refractivity contribution in [2.75, 3.05) is 7.11 Å². The molecule has 0 aliphatic heterocycles. The smallest absolute Gasteiger partial charge is 0.229 e. The minimum Gasteiger partial charge on any atom is -0.480 e. The number of ether oxygens (including phenoxy) is 1. The van der Waals surface area contributed by atoms with Gasteiger partial charge < -0.3 is 9.72 Å². The molecule has 3 heterocycles. The monoisotopic (exact) mass is 311 g/mol. The standard InChI is InChI=1S/C11H7BrClN3O/c1-17-11-8(12)9-6(4-14-11)5-2-3-7(13)15-10(5)16-9/h2-4H,1H3,(H,15,16). The third-order valence-electron chi connectivity index (χ3n) is 2.58. The zero-order chi connectivity index (χ0) is 12.0. The highest BCUT2D eigenvalue weighted by Gasteiger charge is 2.12. The Bertz CT molecular complexity index is 725. The number of fused-ring (bicyclic) bond motifs is 3. The van der Waals surface area contributed by atoms with Gasteiger partial charge in [-0.15, -0.1) is 0 Å². The fraction of sp³-hybridized carbons (Fsp3) is 0.0909. The Morgan fingerprint density at radius 1 is 1.35 bits per heavy atom. The van der Waals surface area contributed by atoms with E-state index in [0.717, 1.165) is 26.4 Å². The van der Waals surface area contributed by atoms with Crippen molar-refractivity contribution in [3.63, 3.8) is 0 Å². The summed E-state index contributed by atoms with van der Waals surface area (Å²) in [7, 11) is 1.58. The number of pyridine rings is 2. The molecule has 0 amide bonds. The molecule has 0 bridgehead atoms. The van der Waals surface area contributed by atoms with Crippen LogP contribution in [-0.4, -0.2) is 22.1 Å². The maximum absolute atomic E-state index is 5.86. The van der Waals surface area contributed by atoms with Gasteiger partial charge in [0.25, 0.3) is 0 Å². The van der Waals surface area contributed by atoms with Crippen molar-refractivity contribution in [1.29, 1.82) is 0 Å². The average molecular weight is 313 g/mol. The summed E-state index contributed by atoms with van der Waals surface area (Å²) >= 11 is 9.32. The van der Waals surface area contributed by atoms with Crippen molar-refractivity contribution < 1.29 is 4.74 Å². The van der Waals surface area contributed by atoms with E-state index in [9.17, 15) is 0 Å². The Kier molecular flexibility index (Phi) is 2.45. The van der Waals surface area contributed by atoms with E-state index in [1.54, 1.807) is 19.4 Å². The van der Waals surface area contributed by atoms with E-state index in [1.165, 1.54) is 0 Å². The van der Waals surface area contributed by atoms with Crippen LogP contribution in [0.2, 0.25) is 5.15 Å². The molecule has 0 spiro atoms. The van der Waals surface area contributed by atoms with Crippen molar-refractivity contribution in [2.24, 2.45) is 0 Å². The number of nitrogens with zero attached hydrogens (tertiary/aromatic N) is 2. The number of aromatic nitrogens is 3. The maximum Gasteiger partial charge on any atom is 0.229 e. The lowest BCUT2D eigenvalue weighted by atomic mass is 10.2. The Hall–Kier alpha value is -1.33. The highest BCUT2D eigenvalue weighted by Crippen LogP contribution is 2.34. The fourth-order valence-corrected chi connectivity index (χ4v) is 2.53. The van der Waals surface area contributed by atoms with E-state index in [2.05, 4.69) is 30.9 Å². The highest BCUT2D eigenvalue weighted by atomic mass is 79.9. The molecule has 0 unspecified atom stereocenters. The van der Waals surface area contributed by atoms with Gasteiger partial charge >= 0.3 is 0 Å². The van der Waals surface area contributed by atoms with Crippen LogP contribution < -0.4 is 4.74 Å². The molecule has 3 aromatic rings. The Morgan fingerprint density at radius 2 is 2.18 bits per heavy atom. The topological polar surface area (TPSA) is 50.8 Å². The number of nitrogens with one attached hydrogen (secondary N) is 1. The van der Waals surface area contributed by atoms with Crippen LogP contribution in [0.3, 0.4) is 0 Å². The quantitative estimate of drug-likeness (QED) is 0.699. The number of rotatable bonds is 1.